The van der Waals surface area contributed by atoms with E-state index in [0.717, 1.165) is 24.2 Å². The molecule has 9 heteroatoms. The van der Waals surface area contributed by atoms with E-state index in [1.54, 1.807) is 6.08 Å². The smallest absolute Gasteiger partial charge is 0.234 e. The summed E-state index contributed by atoms with van der Waals surface area (Å²) in [4.78, 5) is 12.3. The number of aromatic nitrogens is 3. The number of anilines is 1. The Kier molecular flexibility index (Phi) is 7.67. The number of thioether (sulfide) groups is 1. The van der Waals surface area contributed by atoms with Crippen molar-refractivity contribution >= 4 is 35.0 Å². The fourth-order valence-electron chi connectivity index (χ4n) is 3.68. The van der Waals surface area contributed by atoms with Crippen LogP contribution in [0.25, 0.3) is 11.4 Å². The molecule has 4 rings (SSSR count). The fraction of sp³-hybridized carbons (Fsp3) is 0.292. The first-order chi connectivity index (χ1) is 16.0. The van der Waals surface area contributed by atoms with Gasteiger partial charge in [-0.3, -0.25) is 9.36 Å². The SMILES string of the molecule is C=CCn1c(SCC(=O)Nc2ccc(F)c(Cl)c2)nnc1-c1ccc(OC2CCCC2)cc1. The summed E-state index contributed by atoms with van der Waals surface area (Å²) in [6.45, 7) is 4.32. The Morgan fingerprint density at radius 1 is 1.24 bits per heavy atom. The molecule has 0 atom stereocenters. The molecule has 2 aromatic carbocycles. The number of hydrogen-bond acceptors (Lipinski definition) is 5. The molecule has 1 N–H and O–H groups in total. The fourth-order valence-corrected chi connectivity index (χ4v) is 4.61. The van der Waals surface area contributed by atoms with Gasteiger partial charge < -0.3 is 10.1 Å². The van der Waals surface area contributed by atoms with Gasteiger partial charge in [-0.05, 0) is 68.1 Å². The van der Waals surface area contributed by atoms with Crippen LogP contribution >= 0.6 is 23.4 Å². The number of ether oxygens (including phenoxy) is 1. The number of allylic oxidation sites excluding steroid dienone is 1. The van der Waals surface area contributed by atoms with Gasteiger partial charge in [0.05, 0.1) is 16.9 Å². The van der Waals surface area contributed by atoms with Gasteiger partial charge in [0.15, 0.2) is 11.0 Å². The molecule has 1 fully saturated rings. The number of amides is 1. The Morgan fingerprint density at radius 2 is 2.00 bits per heavy atom. The van der Waals surface area contributed by atoms with Crippen LogP contribution in [-0.2, 0) is 11.3 Å². The summed E-state index contributed by atoms with van der Waals surface area (Å²) < 4.78 is 21.2. The van der Waals surface area contributed by atoms with Crippen LogP contribution in [0.3, 0.4) is 0 Å². The van der Waals surface area contributed by atoms with E-state index >= 15 is 0 Å². The number of carbonyl (C=O) groups is 1. The highest BCUT2D eigenvalue weighted by Crippen LogP contribution is 2.28. The summed E-state index contributed by atoms with van der Waals surface area (Å²) in [6.07, 6.45) is 6.73. The molecule has 1 aliphatic carbocycles. The molecule has 1 aliphatic rings. The topological polar surface area (TPSA) is 69.0 Å². The maximum Gasteiger partial charge on any atom is 0.234 e. The highest BCUT2D eigenvalue weighted by atomic mass is 35.5. The van der Waals surface area contributed by atoms with Gasteiger partial charge in [-0.15, -0.1) is 16.8 Å². The van der Waals surface area contributed by atoms with Crippen molar-refractivity contribution in [3.8, 4) is 17.1 Å². The monoisotopic (exact) mass is 486 g/mol. The van der Waals surface area contributed by atoms with Crippen molar-refractivity contribution in [2.45, 2.75) is 43.5 Å². The van der Waals surface area contributed by atoms with Gasteiger partial charge in [0.2, 0.25) is 5.91 Å². The van der Waals surface area contributed by atoms with Crippen LogP contribution in [0.1, 0.15) is 25.7 Å². The second kappa shape index (κ2) is 10.9. The molecule has 0 saturated heterocycles. The lowest BCUT2D eigenvalue weighted by Gasteiger charge is -2.13. The Morgan fingerprint density at radius 3 is 2.70 bits per heavy atom. The second-order valence-corrected chi connectivity index (χ2v) is 9.07. The summed E-state index contributed by atoms with van der Waals surface area (Å²) in [5.41, 5.74) is 1.33. The van der Waals surface area contributed by atoms with Crippen molar-refractivity contribution in [3.63, 3.8) is 0 Å². The maximum absolute atomic E-state index is 13.3. The van der Waals surface area contributed by atoms with E-state index < -0.39 is 5.82 Å². The molecule has 0 spiro atoms. The minimum absolute atomic E-state index is 0.0459. The van der Waals surface area contributed by atoms with E-state index in [4.69, 9.17) is 16.3 Å². The molecule has 33 heavy (non-hydrogen) atoms. The lowest BCUT2D eigenvalue weighted by Crippen LogP contribution is -2.14. The van der Waals surface area contributed by atoms with Crippen LogP contribution in [0.2, 0.25) is 5.02 Å². The van der Waals surface area contributed by atoms with Gasteiger partial charge in [-0.2, -0.15) is 0 Å². The first-order valence-corrected chi connectivity index (χ1v) is 12.1. The van der Waals surface area contributed by atoms with Crippen molar-refractivity contribution in [2.24, 2.45) is 0 Å². The molecule has 1 saturated carbocycles. The van der Waals surface area contributed by atoms with Crippen LogP contribution in [0, 0.1) is 5.82 Å². The van der Waals surface area contributed by atoms with Crippen LogP contribution in [0.4, 0.5) is 10.1 Å². The molecule has 1 aromatic heterocycles. The number of rotatable bonds is 9. The predicted molar refractivity (Wildman–Crippen MR) is 129 cm³/mol. The first-order valence-electron chi connectivity index (χ1n) is 10.7. The number of hydrogen-bond donors (Lipinski definition) is 1. The van der Waals surface area contributed by atoms with Gasteiger partial charge in [0.25, 0.3) is 0 Å². The Hall–Kier alpha value is -2.84. The maximum atomic E-state index is 13.3. The Balaban J connectivity index is 1.42. The van der Waals surface area contributed by atoms with Crippen LogP contribution in [-0.4, -0.2) is 32.5 Å². The highest BCUT2D eigenvalue weighted by Gasteiger charge is 2.18. The number of nitrogens with one attached hydrogen (secondary N) is 1. The summed E-state index contributed by atoms with van der Waals surface area (Å²) in [5.74, 6) is 0.861. The van der Waals surface area contributed by atoms with E-state index in [-0.39, 0.29) is 16.7 Å². The quantitative estimate of drug-likeness (QED) is 0.298. The van der Waals surface area contributed by atoms with E-state index in [1.165, 1.54) is 42.8 Å². The first kappa shape index (κ1) is 23.3. The zero-order chi connectivity index (χ0) is 23.2. The van der Waals surface area contributed by atoms with E-state index in [9.17, 15) is 9.18 Å². The number of carbonyl (C=O) groups excluding carboxylic acids is 1. The number of nitrogens with zero attached hydrogens (tertiary/aromatic N) is 3. The molecular formula is C24H24ClFN4O2S. The molecule has 1 heterocycles. The van der Waals surface area contributed by atoms with E-state index in [1.807, 2.05) is 28.8 Å². The lowest BCUT2D eigenvalue weighted by molar-refractivity contribution is -0.113. The van der Waals surface area contributed by atoms with Crippen molar-refractivity contribution in [1.82, 2.24) is 14.8 Å². The van der Waals surface area contributed by atoms with Gasteiger partial charge in [-0.1, -0.05) is 29.4 Å². The second-order valence-electron chi connectivity index (χ2n) is 7.72. The minimum Gasteiger partial charge on any atom is -0.490 e. The minimum atomic E-state index is -0.535. The van der Waals surface area contributed by atoms with Gasteiger partial charge in [0, 0.05) is 17.8 Å². The van der Waals surface area contributed by atoms with Gasteiger partial charge in [0.1, 0.15) is 11.6 Å². The van der Waals surface area contributed by atoms with Crippen LogP contribution < -0.4 is 10.1 Å². The van der Waals surface area contributed by atoms with Gasteiger partial charge in [-0.25, -0.2) is 4.39 Å². The molecule has 3 aromatic rings. The Bertz CT molecular complexity index is 1130. The molecule has 0 bridgehead atoms. The predicted octanol–water partition coefficient (Wildman–Crippen LogP) is 5.98. The van der Waals surface area contributed by atoms with Crippen molar-refractivity contribution in [1.29, 1.82) is 0 Å². The third kappa shape index (κ3) is 5.94. The molecule has 0 radical (unpaired) electrons. The van der Waals surface area contributed by atoms with Gasteiger partial charge >= 0.3 is 0 Å². The molecule has 0 unspecified atom stereocenters. The normalized spacial score (nSPS) is 13.8. The average Bonchev–Trinajstić information content (AvgIpc) is 3.46. The lowest BCUT2D eigenvalue weighted by atomic mass is 10.2. The molecular weight excluding hydrogens is 463 g/mol. The van der Waals surface area contributed by atoms with Crippen molar-refractivity contribution in [3.05, 3.63) is 66.0 Å². The standard InChI is InChI=1S/C24H24ClFN4O2S/c1-2-13-30-23(16-7-10-19(11-8-16)32-18-5-3-4-6-18)28-29-24(30)33-15-22(31)27-17-9-12-21(26)20(25)14-17/h2,7-12,14,18H,1,3-6,13,15H2,(H,27,31). The highest BCUT2D eigenvalue weighted by molar-refractivity contribution is 7.99. The van der Waals surface area contributed by atoms with Crippen molar-refractivity contribution in [2.75, 3.05) is 11.1 Å². The molecule has 172 valence electrons. The Labute approximate surface area is 201 Å². The summed E-state index contributed by atoms with van der Waals surface area (Å²) in [6, 6.07) is 11.9. The third-order valence-electron chi connectivity index (χ3n) is 5.28. The average molecular weight is 487 g/mol. The molecule has 0 aliphatic heterocycles. The largest absolute Gasteiger partial charge is 0.490 e. The zero-order valence-corrected chi connectivity index (χ0v) is 19.5. The molecule has 1 amide bonds. The van der Waals surface area contributed by atoms with Crippen LogP contribution in [0.5, 0.6) is 5.75 Å². The van der Waals surface area contributed by atoms with E-state index in [0.29, 0.717) is 29.3 Å². The number of halogens is 2. The zero-order valence-electron chi connectivity index (χ0n) is 18.0. The summed E-state index contributed by atoms with van der Waals surface area (Å²) in [7, 11) is 0. The molecule has 6 nitrogen and oxygen atoms in total. The summed E-state index contributed by atoms with van der Waals surface area (Å²) >= 11 is 7.03. The van der Waals surface area contributed by atoms with Crippen molar-refractivity contribution < 1.29 is 13.9 Å². The van der Waals surface area contributed by atoms with Crippen LogP contribution in [0.15, 0.2) is 60.3 Å². The number of benzene rings is 2. The summed E-state index contributed by atoms with van der Waals surface area (Å²) in [5, 5.41) is 11.9. The van der Waals surface area contributed by atoms with E-state index in [2.05, 4.69) is 22.1 Å². The third-order valence-corrected chi connectivity index (χ3v) is 6.54.